The van der Waals surface area contributed by atoms with E-state index in [2.05, 4.69) is 5.32 Å². The predicted molar refractivity (Wildman–Crippen MR) is 57.0 cm³/mol. The van der Waals surface area contributed by atoms with E-state index in [1.165, 1.54) is 12.0 Å². The van der Waals surface area contributed by atoms with Gasteiger partial charge in [0.25, 0.3) is 0 Å². The van der Waals surface area contributed by atoms with Gasteiger partial charge in [0.2, 0.25) is 17.7 Å². The Hall–Kier alpha value is -1.63. The zero-order valence-corrected chi connectivity index (χ0v) is 9.64. The molecule has 2 fully saturated rings. The largest absolute Gasteiger partial charge is 0.375 e. The molecule has 0 aromatic heterocycles. The summed E-state index contributed by atoms with van der Waals surface area (Å²) in [4.78, 5) is 37.9. The van der Waals surface area contributed by atoms with Crippen LogP contribution in [0, 0.1) is 0 Å². The van der Waals surface area contributed by atoms with E-state index in [4.69, 9.17) is 4.74 Å². The lowest BCUT2D eigenvalue weighted by molar-refractivity contribution is -0.153. The van der Waals surface area contributed by atoms with E-state index in [0.717, 1.165) is 0 Å². The van der Waals surface area contributed by atoms with E-state index < -0.39 is 6.04 Å². The van der Waals surface area contributed by atoms with Crippen LogP contribution in [-0.4, -0.2) is 73.5 Å². The fourth-order valence-corrected chi connectivity index (χ4v) is 2.13. The highest BCUT2D eigenvalue weighted by atomic mass is 16.5. The van der Waals surface area contributed by atoms with E-state index in [9.17, 15) is 14.4 Å². The molecule has 1 N–H and O–H groups in total. The number of fused-ring (bicyclic) bond motifs is 1. The molecule has 0 aromatic rings. The van der Waals surface area contributed by atoms with E-state index >= 15 is 0 Å². The van der Waals surface area contributed by atoms with Crippen LogP contribution in [-0.2, 0) is 19.1 Å². The Kier molecular flexibility index (Phi) is 3.28. The van der Waals surface area contributed by atoms with E-state index in [1.807, 2.05) is 0 Å². The number of rotatable bonds is 2. The minimum absolute atomic E-state index is 0.00227. The topological polar surface area (TPSA) is 79.0 Å². The molecule has 2 heterocycles. The van der Waals surface area contributed by atoms with Crippen LogP contribution in [0.15, 0.2) is 0 Å². The van der Waals surface area contributed by atoms with Gasteiger partial charge >= 0.3 is 0 Å². The van der Waals surface area contributed by atoms with Crippen molar-refractivity contribution in [2.24, 2.45) is 0 Å². The van der Waals surface area contributed by atoms with Crippen molar-refractivity contribution in [2.75, 3.05) is 39.9 Å². The van der Waals surface area contributed by atoms with Crippen molar-refractivity contribution in [1.82, 2.24) is 15.1 Å². The summed E-state index contributed by atoms with van der Waals surface area (Å²) in [5.41, 5.74) is 0. The molecular formula is C10H15N3O4. The first-order chi connectivity index (χ1) is 8.13. The van der Waals surface area contributed by atoms with Crippen LogP contribution in [0.5, 0.6) is 0 Å². The summed E-state index contributed by atoms with van der Waals surface area (Å²) in [6.45, 7) is 1.17. The van der Waals surface area contributed by atoms with Gasteiger partial charge in [0, 0.05) is 20.2 Å². The summed E-state index contributed by atoms with van der Waals surface area (Å²) < 4.78 is 4.77. The number of nitrogens with one attached hydrogen (secondary N) is 1. The van der Waals surface area contributed by atoms with Gasteiger partial charge < -0.3 is 19.9 Å². The molecule has 3 amide bonds. The molecule has 2 aliphatic rings. The van der Waals surface area contributed by atoms with Gasteiger partial charge in [-0.1, -0.05) is 0 Å². The van der Waals surface area contributed by atoms with Crippen LogP contribution in [0.2, 0.25) is 0 Å². The third kappa shape index (κ3) is 2.23. The lowest BCUT2D eigenvalue weighted by Gasteiger charge is -2.42. The third-order valence-electron chi connectivity index (χ3n) is 3.04. The van der Waals surface area contributed by atoms with Crippen molar-refractivity contribution in [3.8, 4) is 0 Å². The summed E-state index contributed by atoms with van der Waals surface area (Å²) in [5.74, 6) is -0.439. The maximum Gasteiger partial charge on any atom is 0.248 e. The Morgan fingerprint density at radius 1 is 1.47 bits per heavy atom. The number of methoxy groups -OCH3 is 1. The lowest BCUT2D eigenvalue weighted by atomic mass is 10.1. The van der Waals surface area contributed by atoms with Gasteiger partial charge in [-0.05, 0) is 0 Å². The average molecular weight is 241 g/mol. The molecule has 0 bridgehead atoms. The predicted octanol–water partition coefficient (Wildman–Crippen LogP) is -2.20. The summed E-state index contributed by atoms with van der Waals surface area (Å²) in [6.07, 6.45) is 0. The highest BCUT2D eigenvalue weighted by Gasteiger charge is 2.39. The van der Waals surface area contributed by atoms with Crippen molar-refractivity contribution in [1.29, 1.82) is 0 Å². The van der Waals surface area contributed by atoms with Gasteiger partial charge in [-0.3, -0.25) is 14.4 Å². The summed E-state index contributed by atoms with van der Waals surface area (Å²) >= 11 is 0. The highest BCUT2D eigenvalue weighted by Crippen LogP contribution is 2.13. The molecule has 0 radical (unpaired) electrons. The second-order valence-electron chi connectivity index (χ2n) is 4.09. The quantitative estimate of drug-likeness (QED) is 0.595. The number of hydrogen-bond donors (Lipinski definition) is 1. The Morgan fingerprint density at radius 2 is 2.24 bits per heavy atom. The number of carbonyl (C=O) groups is 3. The summed E-state index contributed by atoms with van der Waals surface area (Å²) in [5, 5.41) is 2.52. The van der Waals surface area contributed by atoms with Crippen molar-refractivity contribution in [2.45, 2.75) is 6.04 Å². The van der Waals surface area contributed by atoms with Gasteiger partial charge in [-0.25, -0.2) is 0 Å². The minimum Gasteiger partial charge on any atom is -0.375 e. The zero-order chi connectivity index (χ0) is 12.4. The molecule has 0 unspecified atom stereocenters. The molecule has 0 spiro atoms. The van der Waals surface area contributed by atoms with Crippen LogP contribution >= 0.6 is 0 Å². The van der Waals surface area contributed by atoms with Gasteiger partial charge in [-0.2, -0.15) is 0 Å². The van der Waals surface area contributed by atoms with Crippen LogP contribution in [0.25, 0.3) is 0 Å². The standard InChI is InChI=1S/C10H15N3O4/c1-17-6-9(15)12-2-3-13-7(5-12)10(16)11-4-8(13)14/h7H,2-6H2,1H3,(H,11,16)/t7-/m0/s1. The van der Waals surface area contributed by atoms with E-state index in [0.29, 0.717) is 13.1 Å². The Bertz CT molecular complexity index is 357. The third-order valence-corrected chi connectivity index (χ3v) is 3.04. The minimum atomic E-state index is -0.550. The van der Waals surface area contributed by atoms with Crippen LogP contribution < -0.4 is 5.32 Å². The second kappa shape index (κ2) is 4.70. The maximum absolute atomic E-state index is 11.6. The number of nitrogens with zero attached hydrogens (tertiary/aromatic N) is 2. The van der Waals surface area contributed by atoms with Gasteiger partial charge in [0.15, 0.2) is 0 Å². The molecule has 2 saturated heterocycles. The first-order valence-corrected chi connectivity index (χ1v) is 5.47. The van der Waals surface area contributed by atoms with Crippen molar-refractivity contribution in [3.05, 3.63) is 0 Å². The fraction of sp³-hybridized carbons (Fsp3) is 0.700. The number of carbonyl (C=O) groups excluding carboxylic acids is 3. The van der Waals surface area contributed by atoms with Crippen molar-refractivity contribution >= 4 is 17.7 Å². The first kappa shape index (κ1) is 11.8. The van der Waals surface area contributed by atoms with E-state index in [1.54, 1.807) is 4.90 Å². The van der Waals surface area contributed by atoms with Gasteiger partial charge in [-0.15, -0.1) is 0 Å². The van der Waals surface area contributed by atoms with Crippen molar-refractivity contribution in [3.63, 3.8) is 0 Å². The Balaban J connectivity index is 2.04. The Morgan fingerprint density at radius 3 is 2.94 bits per heavy atom. The molecule has 94 valence electrons. The first-order valence-electron chi connectivity index (χ1n) is 5.47. The maximum atomic E-state index is 11.6. The Labute approximate surface area is 98.7 Å². The summed E-state index contributed by atoms with van der Waals surface area (Å²) in [6, 6.07) is -0.550. The normalized spacial score (nSPS) is 24.4. The van der Waals surface area contributed by atoms with Crippen LogP contribution in [0.3, 0.4) is 0 Å². The number of ether oxygens (including phenoxy) is 1. The second-order valence-corrected chi connectivity index (χ2v) is 4.09. The molecule has 7 nitrogen and oxygen atoms in total. The molecule has 7 heteroatoms. The smallest absolute Gasteiger partial charge is 0.248 e. The van der Waals surface area contributed by atoms with Crippen LogP contribution in [0.1, 0.15) is 0 Å². The molecule has 1 atom stereocenters. The zero-order valence-electron chi connectivity index (χ0n) is 9.64. The molecule has 2 rings (SSSR count). The summed E-state index contributed by atoms with van der Waals surface area (Å²) in [7, 11) is 1.45. The number of piperazine rings is 2. The van der Waals surface area contributed by atoms with Crippen LogP contribution in [0.4, 0.5) is 0 Å². The molecule has 0 saturated carbocycles. The molecule has 0 aliphatic carbocycles. The molecule has 0 aromatic carbocycles. The van der Waals surface area contributed by atoms with Crippen molar-refractivity contribution < 1.29 is 19.1 Å². The highest BCUT2D eigenvalue weighted by molar-refractivity contribution is 5.95. The monoisotopic (exact) mass is 241 g/mol. The fourth-order valence-electron chi connectivity index (χ4n) is 2.13. The number of hydrogen-bond acceptors (Lipinski definition) is 4. The SMILES string of the molecule is COCC(=O)N1CCN2C(=O)CNC(=O)[C@@H]2C1. The number of amides is 3. The van der Waals surface area contributed by atoms with E-state index in [-0.39, 0.29) is 37.4 Å². The molecular weight excluding hydrogens is 226 g/mol. The van der Waals surface area contributed by atoms with Gasteiger partial charge in [0.1, 0.15) is 12.6 Å². The molecule has 17 heavy (non-hydrogen) atoms. The van der Waals surface area contributed by atoms with Gasteiger partial charge in [0.05, 0.1) is 13.1 Å². The molecule has 2 aliphatic heterocycles. The lowest BCUT2D eigenvalue weighted by Crippen LogP contribution is -2.66. The average Bonchev–Trinajstić information content (AvgIpc) is 2.34.